The molecule has 2 aromatic rings. The molecule has 2 aliphatic rings. The van der Waals surface area contributed by atoms with Gasteiger partial charge in [-0.25, -0.2) is 4.98 Å². The molecule has 1 aromatic heterocycles. The van der Waals surface area contributed by atoms with Crippen LogP contribution in [-0.4, -0.2) is 39.5 Å². The summed E-state index contributed by atoms with van der Waals surface area (Å²) in [6, 6.07) is 8.05. The van der Waals surface area contributed by atoms with Gasteiger partial charge in [0.15, 0.2) is 0 Å². The van der Waals surface area contributed by atoms with Crippen LogP contribution >= 0.6 is 11.6 Å². The Labute approximate surface area is 130 Å². The van der Waals surface area contributed by atoms with Crippen molar-refractivity contribution in [2.24, 2.45) is 0 Å². The van der Waals surface area contributed by atoms with Gasteiger partial charge in [0.1, 0.15) is 5.82 Å². The maximum absolute atomic E-state index is 6.00. The first-order chi connectivity index (χ1) is 10.3. The fourth-order valence-corrected chi connectivity index (χ4v) is 3.85. The lowest BCUT2D eigenvalue weighted by molar-refractivity contribution is 0.314. The zero-order valence-corrected chi connectivity index (χ0v) is 13.3. The number of alkyl halides is 1. The van der Waals surface area contributed by atoms with Gasteiger partial charge in [0, 0.05) is 37.5 Å². The average molecular weight is 304 g/mol. The second kappa shape index (κ2) is 5.29. The van der Waals surface area contributed by atoms with Gasteiger partial charge in [-0.15, -0.1) is 11.6 Å². The largest absolute Gasteiger partial charge is 0.323 e. The summed E-state index contributed by atoms with van der Waals surface area (Å²) >= 11 is 6.00. The number of hydrogen-bond donors (Lipinski definition) is 0. The first-order valence-electron chi connectivity index (χ1n) is 8.04. The summed E-state index contributed by atoms with van der Waals surface area (Å²) in [5, 5.41) is 0. The van der Waals surface area contributed by atoms with E-state index in [4.69, 9.17) is 16.6 Å². The molecule has 2 fully saturated rings. The molecule has 112 valence electrons. The van der Waals surface area contributed by atoms with E-state index in [0.29, 0.717) is 11.9 Å². The Hall–Kier alpha value is -1.06. The van der Waals surface area contributed by atoms with Crippen LogP contribution in [0.2, 0.25) is 0 Å². The van der Waals surface area contributed by atoms with Crippen LogP contribution in [0.5, 0.6) is 0 Å². The van der Waals surface area contributed by atoms with Crippen LogP contribution in [0, 0.1) is 6.92 Å². The number of nitrogens with zero attached hydrogens (tertiary/aromatic N) is 3. The number of hydrogen-bond acceptors (Lipinski definition) is 2. The molecule has 4 rings (SSSR count). The number of halogens is 1. The van der Waals surface area contributed by atoms with Crippen molar-refractivity contribution < 1.29 is 0 Å². The van der Waals surface area contributed by atoms with E-state index in [1.54, 1.807) is 0 Å². The lowest BCUT2D eigenvalue weighted by Crippen LogP contribution is -2.24. The highest BCUT2D eigenvalue weighted by molar-refractivity contribution is 6.17. The van der Waals surface area contributed by atoms with Crippen molar-refractivity contribution >= 4 is 22.6 Å². The molecule has 0 spiro atoms. The van der Waals surface area contributed by atoms with Crippen LogP contribution in [-0.2, 0) is 6.42 Å². The number of rotatable bonds is 4. The summed E-state index contributed by atoms with van der Waals surface area (Å²) in [4.78, 5) is 7.52. The van der Waals surface area contributed by atoms with Crippen molar-refractivity contribution in [3.8, 4) is 0 Å². The summed E-state index contributed by atoms with van der Waals surface area (Å²) in [6.45, 7) is 4.55. The number of aromatic nitrogens is 2. The second-order valence-corrected chi connectivity index (χ2v) is 6.88. The van der Waals surface area contributed by atoms with Gasteiger partial charge in [-0.1, -0.05) is 6.07 Å². The lowest BCUT2D eigenvalue weighted by atomic mass is 10.2. The van der Waals surface area contributed by atoms with Crippen molar-refractivity contribution in [1.29, 1.82) is 0 Å². The number of benzene rings is 1. The van der Waals surface area contributed by atoms with Crippen LogP contribution in [0.25, 0.3) is 11.0 Å². The molecule has 1 aliphatic carbocycles. The first kappa shape index (κ1) is 13.6. The topological polar surface area (TPSA) is 21.1 Å². The Morgan fingerprint density at radius 2 is 2.10 bits per heavy atom. The average Bonchev–Trinajstić information content (AvgIpc) is 3.10. The minimum absolute atomic E-state index is 0.566. The monoisotopic (exact) mass is 303 g/mol. The maximum Gasteiger partial charge on any atom is 0.111 e. The van der Waals surface area contributed by atoms with E-state index in [1.807, 2.05) is 0 Å². The van der Waals surface area contributed by atoms with Crippen LogP contribution < -0.4 is 0 Å². The third-order valence-corrected chi connectivity index (χ3v) is 5.05. The van der Waals surface area contributed by atoms with E-state index in [2.05, 4.69) is 34.6 Å². The van der Waals surface area contributed by atoms with Crippen molar-refractivity contribution in [2.45, 2.75) is 44.7 Å². The smallest absolute Gasteiger partial charge is 0.111 e. The zero-order chi connectivity index (χ0) is 14.4. The fraction of sp³-hybridized carbons (Fsp3) is 0.588. The van der Waals surface area contributed by atoms with Crippen LogP contribution in [0.15, 0.2) is 18.2 Å². The van der Waals surface area contributed by atoms with Crippen LogP contribution in [0.4, 0.5) is 0 Å². The summed E-state index contributed by atoms with van der Waals surface area (Å²) in [5.41, 5.74) is 3.68. The van der Waals surface area contributed by atoms with E-state index in [0.717, 1.165) is 23.8 Å². The molecule has 0 amide bonds. The summed E-state index contributed by atoms with van der Waals surface area (Å²) < 4.78 is 2.47. The summed E-state index contributed by atoms with van der Waals surface area (Å²) in [6.07, 6.45) is 4.89. The number of fused-ring (bicyclic) bond motifs is 1. The molecule has 1 atom stereocenters. The van der Waals surface area contributed by atoms with Gasteiger partial charge in [0.25, 0.3) is 0 Å². The van der Waals surface area contributed by atoms with Gasteiger partial charge in [-0.3, -0.25) is 4.90 Å². The Morgan fingerprint density at radius 3 is 2.86 bits per heavy atom. The molecule has 1 aliphatic heterocycles. The predicted octanol–water partition coefficient (Wildman–Crippen LogP) is 3.54. The third-order valence-electron chi connectivity index (χ3n) is 4.86. The third kappa shape index (κ3) is 2.47. The van der Waals surface area contributed by atoms with E-state index in [9.17, 15) is 0 Å². The minimum Gasteiger partial charge on any atom is -0.323 e. The van der Waals surface area contributed by atoms with Gasteiger partial charge >= 0.3 is 0 Å². The molecule has 1 saturated carbocycles. The zero-order valence-electron chi connectivity index (χ0n) is 12.6. The van der Waals surface area contributed by atoms with E-state index in [-0.39, 0.29) is 0 Å². The lowest BCUT2D eigenvalue weighted by Gasteiger charge is -2.18. The standard InChI is InChI=1S/C17H22ClN3/c1-12-2-5-16-15(10-12)19-17(6-8-18)21(16)14-7-9-20(11-14)13-3-4-13/h2,5,10,13-14H,3-4,6-9,11H2,1H3. The van der Waals surface area contributed by atoms with E-state index in [1.165, 1.54) is 43.4 Å². The SMILES string of the molecule is Cc1ccc2c(c1)nc(CCCl)n2C1CCN(C2CC2)C1. The first-order valence-corrected chi connectivity index (χ1v) is 8.57. The molecule has 1 aromatic carbocycles. The second-order valence-electron chi connectivity index (χ2n) is 6.50. The molecule has 2 heterocycles. The van der Waals surface area contributed by atoms with Crippen molar-refractivity contribution in [3.63, 3.8) is 0 Å². The highest BCUT2D eigenvalue weighted by Gasteiger charge is 2.35. The molecule has 1 unspecified atom stereocenters. The van der Waals surface area contributed by atoms with Gasteiger partial charge < -0.3 is 4.57 Å². The molecular formula is C17H22ClN3. The Bertz CT molecular complexity index is 659. The molecule has 1 saturated heterocycles. The highest BCUT2D eigenvalue weighted by atomic mass is 35.5. The molecule has 3 nitrogen and oxygen atoms in total. The van der Waals surface area contributed by atoms with Crippen molar-refractivity contribution in [2.75, 3.05) is 19.0 Å². The normalized spacial score (nSPS) is 23.2. The van der Waals surface area contributed by atoms with Gasteiger partial charge in [0.05, 0.1) is 11.0 Å². The maximum atomic E-state index is 6.00. The van der Waals surface area contributed by atoms with Crippen LogP contribution in [0.3, 0.4) is 0 Å². The Morgan fingerprint density at radius 1 is 1.24 bits per heavy atom. The highest BCUT2D eigenvalue weighted by Crippen LogP contribution is 2.35. The fourth-order valence-electron chi connectivity index (χ4n) is 3.68. The van der Waals surface area contributed by atoms with Crippen molar-refractivity contribution in [3.05, 3.63) is 29.6 Å². The molecule has 4 heteroatoms. The predicted molar refractivity (Wildman–Crippen MR) is 87.1 cm³/mol. The molecular weight excluding hydrogens is 282 g/mol. The van der Waals surface area contributed by atoms with Gasteiger partial charge in [-0.05, 0) is 43.9 Å². The molecule has 0 radical (unpaired) electrons. The number of imidazole rings is 1. The molecule has 0 N–H and O–H groups in total. The minimum atomic E-state index is 0.566. The van der Waals surface area contributed by atoms with E-state index >= 15 is 0 Å². The Kier molecular flexibility index (Phi) is 3.43. The molecule has 0 bridgehead atoms. The Balaban J connectivity index is 1.73. The number of aryl methyl sites for hydroxylation is 2. The van der Waals surface area contributed by atoms with E-state index < -0.39 is 0 Å². The summed E-state index contributed by atoms with van der Waals surface area (Å²) in [5.74, 6) is 1.80. The van der Waals surface area contributed by atoms with Crippen molar-refractivity contribution in [1.82, 2.24) is 14.5 Å². The molecule has 21 heavy (non-hydrogen) atoms. The van der Waals surface area contributed by atoms with Crippen LogP contribution in [0.1, 0.15) is 36.7 Å². The van der Waals surface area contributed by atoms with Gasteiger partial charge in [-0.2, -0.15) is 0 Å². The number of likely N-dealkylation sites (tertiary alicyclic amines) is 1. The summed E-state index contributed by atoms with van der Waals surface area (Å²) in [7, 11) is 0. The van der Waals surface area contributed by atoms with Gasteiger partial charge in [0.2, 0.25) is 0 Å². The quantitative estimate of drug-likeness (QED) is 0.806.